The van der Waals surface area contributed by atoms with E-state index in [9.17, 15) is 0 Å². The van der Waals surface area contributed by atoms with Crippen molar-refractivity contribution in [3.05, 3.63) is 239 Å². The van der Waals surface area contributed by atoms with Crippen LogP contribution in [0.2, 0.25) is 0 Å². The average Bonchev–Trinajstić information content (AvgIpc) is 1.60. The van der Waals surface area contributed by atoms with E-state index >= 15 is 0 Å². The Kier molecular flexibility index (Phi) is 24.6. The molecule has 13 rings (SSSR count). The molecule has 0 spiro atoms. The molecule has 0 bridgehead atoms. The van der Waals surface area contributed by atoms with Gasteiger partial charge < -0.3 is 9.31 Å². The van der Waals surface area contributed by atoms with Gasteiger partial charge in [-0.05, 0) is 185 Å². The van der Waals surface area contributed by atoms with Crippen LogP contribution in [0.25, 0.3) is 90.3 Å². The summed E-state index contributed by atoms with van der Waals surface area (Å²) < 4.78 is 18.7. The first-order valence-corrected chi connectivity index (χ1v) is 34.2. The van der Waals surface area contributed by atoms with Gasteiger partial charge in [0.2, 0.25) is 4.73 Å². The third-order valence-corrected chi connectivity index (χ3v) is 16.9. The molecule has 0 amide bonds. The minimum Gasteiger partial charge on any atom is -0.399 e. The van der Waals surface area contributed by atoms with E-state index in [0.717, 1.165) is 122 Å². The summed E-state index contributed by atoms with van der Waals surface area (Å²) in [7, 11) is -0.291. The van der Waals surface area contributed by atoms with Gasteiger partial charge >= 0.3 is 7.12 Å². The van der Waals surface area contributed by atoms with Gasteiger partial charge in [-0.1, -0.05) is 169 Å². The second kappa shape index (κ2) is 32.8. The van der Waals surface area contributed by atoms with Crippen LogP contribution >= 0.6 is 15.9 Å². The van der Waals surface area contributed by atoms with Gasteiger partial charge in [0, 0.05) is 96.2 Å². The molecule has 1 saturated heterocycles. The number of nitrogens with zero attached hydrogens (tertiary/aromatic N) is 12. The van der Waals surface area contributed by atoms with Gasteiger partial charge in [-0.25, -0.2) is 19.3 Å². The molecule has 505 valence electrons. The average molecular weight is 1550 g/mol. The summed E-state index contributed by atoms with van der Waals surface area (Å²) in [4.78, 5) is 27.7. The SMILES string of the molecule is CC(C)Cn1nc(Br)nc1-c1cccc(-c2ccccc2)c1.Cc1cc(-c2nc(-c3[c-]ccc(-c4ccccc4)c3)n(CC(C)C)n2)cc(C)n1.Cc1cc(-c2nc(-c3cccc(-c4ccccc4)c3)n(CC(C)C)n2)cc(C)n1.Cc1cc(B2OC(C)(C)C(C)(C)O2)cc(C)n1.[Ir]. The quantitative estimate of drug-likeness (QED) is 0.0713. The summed E-state index contributed by atoms with van der Waals surface area (Å²) in [6.07, 6.45) is 0. The van der Waals surface area contributed by atoms with Crippen LogP contribution < -0.4 is 5.46 Å². The Balaban J connectivity index is 0.000000155. The van der Waals surface area contributed by atoms with E-state index in [-0.39, 0.29) is 38.4 Å². The molecule has 98 heavy (non-hydrogen) atoms. The molecular weight excluding hydrogens is 1460 g/mol. The summed E-state index contributed by atoms with van der Waals surface area (Å²) in [6, 6.07) is 69.9. The molecule has 6 aromatic heterocycles. The van der Waals surface area contributed by atoms with Crippen LogP contribution in [-0.4, -0.2) is 77.6 Å². The predicted molar refractivity (Wildman–Crippen MR) is 399 cm³/mol. The Hall–Kier alpha value is -8.70. The zero-order valence-electron chi connectivity index (χ0n) is 59.3. The third kappa shape index (κ3) is 19.1. The number of rotatable bonds is 15. The van der Waals surface area contributed by atoms with Crippen molar-refractivity contribution in [1.82, 2.24) is 59.2 Å². The third-order valence-electron chi connectivity index (χ3n) is 16.5. The van der Waals surface area contributed by atoms with Gasteiger partial charge in [0.15, 0.2) is 23.3 Å². The van der Waals surface area contributed by atoms with Crippen molar-refractivity contribution < 1.29 is 29.4 Å². The van der Waals surface area contributed by atoms with Gasteiger partial charge in [0.05, 0.1) is 17.0 Å². The van der Waals surface area contributed by atoms with Crippen LogP contribution in [0, 0.1) is 65.4 Å². The van der Waals surface area contributed by atoms with Crippen molar-refractivity contribution in [3.8, 4) is 90.3 Å². The Bertz CT molecular complexity index is 4350. The zero-order valence-corrected chi connectivity index (χ0v) is 63.3. The minimum absolute atomic E-state index is 0. The van der Waals surface area contributed by atoms with Crippen molar-refractivity contribution in [3.63, 3.8) is 0 Å². The van der Waals surface area contributed by atoms with Crippen molar-refractivity contribution in [1.29, 1.82) is 0 Å². The van der Waals surface area contributed by atoms with Gasteiger partial charge in [-0.15, -0.1) is 40.5 Å². The minimum atomic E-state index is -0.291. The molecule has 14 nitrogen and oxygen atoms in total. The smallest absolute Gasteiger partial charge is 0.399 e. The topological polar surface area (TPSA) is 149 Å². The fourth-order valence-corrected chi connectivity index (χ4v) is 11.9. The van der Waals surface area contributed by atoms with E-state index in [4.69, 9.17) is 29.5 Å². The molecule has 0 saturated carbocycles. The van der Waals surface area contributed by atoms with Gasteiger partial charge in [0.1, 0.15) is 0 Å². The summed E-state index contributed by atoms with van der Waals surface area (Å²) in [5, 5.41) is 14.2. The summed E-state index contributed by atoms with van der Waals surface area (Å²) in [6.45, 7) is 35.9. The van der Waals surface area contributed by atoms with Crippen molar-refractivity contribution in [2.75, 3.05) is 0 Å². The zero-order chi connectivity index (χ0) is 69.1. The summed E-state index contributed by atoms with van der Waals surface area (Å²) in [5.41, 5.74) is 18.6. The number of hydrogen-bond donors (Lipinski definition) is 0. The fraction of sp³-hybridized carbons (Fsp3) is 0.296. The molecule has 1 aliphatic heterocycles. The maximum atomic E-state index is 6.01. The molecule has 6 aromatic carbocycles. The van der Waals surface area contributed by atoms with Crippen LogP contribution in [-0.2, 0) is 49.0 Å². The van der Waals surface area contributed by atoms with Gasteiger partial charge in [-0.2, -0.15) is 10.2 Å². The van der Waals surface area contributed by atoms with E-state index in [1.54, 1.807) is 0 Å². The normalized spacial score (nSPS) is 12.9. The van der Waals surface area contributed by atoms with Gasteiger partial charge in [0.25, 0.3) is 0 Å². The van der Waals surface area contributed by atoms with E-state index in [1.165, 1.54) is 27.8 Å². The second-order valence-electron chi connectivity index (χ2n) is 27.2. The van der Waals surface area contributed by atoms with Crippen LogP contribution in [0.1, 0.15) is 103 Å². The number of benzene rings is 6. The molecule has 1 radical (unpaired) electrons. The van der Waals surface area contributed by atoms with Crippen LogP contribution in [0.4, 0.5) is 0 Å². The van der Waals surface area contributed by atoms with E-state index in [1.807, 2.05) is 116 Å². The number of aromatic nitrogens is 12. The molecule has 0 N–H and O–H groups in total. The molecule has 0 aliphatic carbocycles. The van der Waals surface area contributed by atoms with Crippen molar-refractivity contribution >= 4 is 28.5 Å². The van der Waals surface area contributed by atoms with Crippen molar-refractivity contribution in [2.24, 2.45) is 17.8 Å². The number of hydrogen-bond acceptors (Lipinski definition) is 11. The molecule has 17 heteroatoms. The molecular formula is C81H89BBrIrN12O2-. The first-order valence-electron chi connectivity index (χ1n) is 33.4. The first kappa shape index (κ1) is 73.5. The second-order valence-corrected chi connectivity index (χ2v) is 28.0. The number of halogens is 1. The van der Waals surface area contributed by atoms with Crippen LogP contribution in [0.15, 0.2) is 199 Å². The summed E-state index contributed by atoms with van der Waals surface area (Å²) in [5.74, 6) is 5.58. The number of pyridine rings is 3. The predicted octanol–water partition coefficient (Wildman–Crippen LogP) is 18.7. The Morgan fingerprint density at radius 3 is 1.12 bits per heavy atom. The van der Waals surface area contributed by atoms with Crippen LogP contribution in [0.5, 0.6) is 0 Å². The monoisotopic (exact) mass is 1540 g/mol. The van der Waals surface area contributed by atoms with Crippen molar-refractivity contribution in [2.45, 2.75) is 142 Å². The van der Waals surface area contributed by atoms with E-state index in [0.29, 0.717) is 22.5 Å². The Morgan fingerprint density at radius 2 is 0.714 bits per heavy atom. The van der Waals surface area contributed by atoms with Crippen LogP contribution in [0.3, 0.4) is 0 Å². The van der Waals surface area contributed by atoms with Gasteiger partial charge in [-0.3, -0.25) is 24.6 Å². The largest absolute Gasteiger partial charge is 0.494 e. The molecule has 7 heterocycles. The van der Waals surface area contributed by atoms with E-state index in [2.05, 4.69) is 250 Å². The summed E-state index contributed by atoms with van der Waals surface area (Å²) >= 11 is 3.39. The Labute approximate surface area is 601 Å². The van der Waals surface area contributed by atoms with E-state index < -0.39 is 0 Å². The Morgan fingerprint density at radius 1 is 0.378 bits per heavy atom. The standard InChI is InChI=1S/C25H26N4.C25H25N4.C18H18BrN3.C13H20BNO2.Ir/c2*1-17(2)16-29-25(27-24(28-29)23-13-18(3)26-19(4)14-23)22-12-8-11-21(15-22)20-9-6-5-7-10-20;1-13(2)12-22-17(20-18(19)21-22)16-10-6-9-15(11-16)14-7-4-3-5-8-14;1-9-7-11(8-10(2)15-9)14-16-12(3,4)13(5,6)17-14;/h5-15,17H,16H2,1-4H3;5-11,13-15,17H,16H2,1-4H3;3-11,13H,12H2,1-2H3;7-8H,1-6H3;/q;-1;;;. The fourth-order valence-electron chi connectivity index (χ4n) is 11.5. The molecule has 1 fully saturated rings. The number of aryl methyl sites for hydroxylation is 6. The molecule has 0 atom stereocenters. The molecule has 1 aliphatic rings. The maximum Gasteiger partial charge on any atom is 0.494 e. The molecule has 0 unspecified atom stereocenters. The maximum absolute atomic E-state index is 6.01. The first-order chi connectivity index (χ1) is 46.3. The molecule has 12 aromatic rings.